The molecule has 0 aliphatic carbocycles. The van der Waals surface area contributed by atoms with Crippen molar-refractivity contribution in [3.8, 4) is 11.8 Å². The normalized spacial score (nSPS) is 10.3. The maximum absolute atomic E-state index is 13.6. The first-order valence-electron chi connectivity index (χ1n) is 9.72. The quantitative estimate of drug-likeness (QED) is 0.540. The lowest BCUT2D eigenvalue weighted by Crippen LogP contribution is -2.30. The highest BCUT2D eigenvalue weighted by Gasteiger charge is 2.16. The highest BCUT2D eigenvalue weighted by atomic mass is 19.1. The maximum Gasteiger partial charge on any atom is 0.223 e. The summed E-state index contributed by atoms with van der Waals surface area (Å²) in [7, 11) is 1.61. The number of carbonyl (C=O) groups is 1. The van der Waals surface area contributed by atoms with Gasteiger partial charge in [0, 0.05) is 19.5 Å². The van der Waals surface area contributed by atoms with Gasteiger partial charge in [-0.15, -0.1) is 0 Å². The number of nitrogens with zero attached hydrogens (tertiary/aromatic N) is 2. The second-order valence-electron chi connectivity index (χ2n) is 7.00. The average Bonchev–Trinajstić information content (AvgIpc) is 2.77. The molecule has 0 bridgehead atoms. The summed E-state index contributed by atoms with van der Waals surface area (Å²) in [5.41, 5.74) is 3.18. The van der Waals surface area contributed by atoms with Gasteiger partial charge in [0.1, 0.15) is 11.6 Å². The van der Waals surface area contributed by atoms with E-state index in [1.165, 1.54) is 12.1 Å². The van der Waals surface area contributed by atoms with Gasteiger partial charge in [0.15, 0.2) is 0 Å². The summed E-state index contributed by atoms with van der Waals surface area (Å²) < 4.78 is 19.0. The van der Waals surface area contributed by atoms with E-state index >= 15 is 0 Å². The van der Waals surface area contributed by atoms with Crippen molar-refractivity contribution in [3.63, 3.8) is 0 Å². The summed E-state index contributed by atoms with van der Waals surface area (Å²) in [6, 6.07) is 23.1. The van der Waals surface area contributed by atoms with E-state index in [-0.39, 0.29) is 11.7 Å². The largest absolute Gasteiger partial charge is 0.496 e. The molecule has 0 atom stereocenters. The van der Waals surface area contributed by atoms with E-state index in [1.807, 2.05) is 42.5 Å². The Morgan fingerprint density at radius 3 is 2.43 bits per heavy atom. The number of halogens is 1. The molecule has 0 saturated heterocycles. The van der Waals surface area contributed by atoms with Gasteiger partial charge in [0.05, 0.1) is 18.7 Å². The Balaban J connectivity index is 1.76. The minimum Gasteiger partial charge on any atom is -0.496 e. The summed E-state index contributed by atoms with van der Waals surface area (Å²) in [5.74, 6) is 0.399. The van der Waals surface area contributed by atoms with Crippen LogP contribution in [0.5, 0.6) is 5.75 Å². The van der Waals surface area contributed by atoms with Crippen LogP contribution in [0.25, 0.3) is 0 Å². The zero-order valence-electron chi connectivity index (χ0n) is 16.8. The molecule has 4 nitrogen and oxygen atoms in total. The first kappa shape index (κ1) is 21.1. The van der Waals surface area contributed by atoms with Crippen molar-refractivity contribution in [2.45, 2.75) is 25.9 Å². The molecular weight excluding hydrogens is 379 g/mol. The third-order valence-electron chi connectivity index (χ3n) is 4.87. The molecule has 0 fully saturated rings. The molecule has 5 heteroatoms. The van der Waals surface area contributed by atoms with Crippen LogP contribution in [0.15, 0.2) is 72.8 Å². The maximum atomic E-state index is 13.6. The number of methoxy groups -OCH3 is 1. The number of benzene rings is 3. The van der Waals surface area contributed by atoms with Gasteiger partial charge in [0.2, 0.25) is 5.91 Å². The molecule has 0 aromatic heterocycles. The lowest BCUT2D eigenvalue weighted by atomic mass is 10.1. The van der Waals surface area contributed by atoms with Crippen LogP contribution in [0.4, 0.5) is 4.39 Å². The first-order chi connectivity index (χ1) is 14.6. The number of nitriles is 1. The topological polar surface area (TPSA) is 53.3 Å². The molecule has 0 saturated carbocycles. The van der Waals surface area contributed by atoms with Gasteiger partial charge in [0.25, 0.3) is 0 Å². The molecule has 3 rings (SSSR count). The van der Waals surface area contributed by atoms with Crippen LogP contribution in [0, 0.1) is 17.1 Å². The number of ether oxygens (including phenoxy) is 1. The number of hydrogen-bond donors (Lipinski definition) is 0. The molecule has 0 spiro atoms. The van der Waals surface area contributed by atoms with Crippen LogP contribution in [0.1, 0.15) is 28.7 Å². The average molecular weight is 402 g/mol. The lowest BCUT2D eigenvalue weighted by Gasteiger charge is -2.23. The Kier molecular flexibility index (Phi) is 7.18. The molecule has 0 aliphatic rings. The van der Waals surface area contributed by atoms with Crippen LogP contribution in [0.3, 0.4) is 0 Å². The Hall–Kier alpha value is -3.65. The molecule has 1 amide bonds. The third kappa shape index (κ3) is 5.68. The molecule has 3 aromatic rings. The second-order valence-corrected chi connectivity index (χ2v) is 7.00. The number of aryl methyl sites for hydroxylation is 1. The summed E-state index contributed by atoms with van der Waals surface area (Å²) in [5, 5.41) is 8.98. The van der Waals surface area contributed by atoms with Crippen LogP contribution in [-0.2, 0) is 24.3 Å². The second kappa shape index (κ2) is 10.2. The number of hydrogen-bond acceptors (Lipinski definition) is 3. The van der Waals surface area contributed by atoms with Crippen molar-refractivity contribution >= 4 is 5.91 Å². The molecule has 0 aliphatic heterocycles. The lowest BCUT2D eigenvalue weighted by molar-refractivity contribution is -0.132. The van der Waals surface area contributed by atoms with Crippen molar-refractivity contribution in [2.75, 3.05) is 7.11 Å². The van der Waals surface area contributed by atoms with E-state index in [2.05, 4.69) is 6.07 Å². The van der Waals surface area contributed by atoms with E-state index in [0.717, 1.165) is 22.4 Å². The van der Waals surface area contributed by atoms with Crippen LogP contribution in [-0.4, -0.2) is 17.9 Å². The summed E-state index contributed by atoms with van der Waals surface area (Å²) in [4.78, 5) is 14.8. The van der Waals surface area contributed by atoms with Crippen LogP contribution >= 0.6 is 0 Å². The van der Waals surface area contributed by atoms with Gasteiger partial charge < -0.3 is 9.64 Å². The number of amides is 1. The molecule has 3 aromatic carbocycles. The molecular formula is C25H23FN2O2. The predicted molar refractivity (Wildman–Crippen MR) is 113 cm³/mol. The van der Waals surface area contributed by atoms with Gasteiger partial charge >= 0.3 is 0 Å². The van der Waals surface area contributed by atoms with Gasteiger partial charge in [-0.25, -0.2) is 4.39 Å². The molecule has 0 radical (unpaired) electrons. The smallest absolute Gasteiger partial charge is 0.223 e. The summed E-state index contributed by atoms with van der Waals surface area (Å²) in [6.07, 6.45) is 0.863. The van der Waals surface area contributed by atoms with Crippen molar-refractivity contribution < 1.29 is 13.9 Å². The molecule has 0 heterocycles. The van der Waals surface area contributed by atoms with Crippen LogP contribution < -0.4 is 4.74 Å². The zero-order valence-corrected chi connectivity index (χ0v) is 16.8. The Morgan fingerprint density at radius 2 is 1.73 bits per heavy atom. The minimum atomic E-state index is -0.327. The van der Waals surface area contributed by atoms with E-state index in [9.17, 15) is 9.18 Å². The fraction of sp³-hybridized carbons (Fsp3) is 0.200. The van der Waals surface area contributed by atoms with Gasteiger partial charge in [-0.3, -0.25) is 4.79 Å². The highest BCUT2D eigenvalue weighted by molar-refractivity contribution is 5.76. The fourth-order valence-electron chi connectivity index (χ4n) is 3.30. The van der Waals surface area contributed by atoms with Crippen molar-refractivity contribution in [1.29, 1.82) is 5.26 Å². The van der Waals surface area contributed by atoms with E-state index < -0.39 is 0 Å². The number of para-hydroxylation sites is 1. The first-order valence-corrected chi connectivity index (χ1v) is 9.72. The molecule has 0 N–H and O–H groups in total. The SMILES string of the molecule is COc1ccccc1CCC(=O)N(Cc1ccc(C#N)cc1)Cc1cccc(F)c1. The van der Waals surface area contributed by atoms with Crippen molar-refractivity contribution in [2.24, 2.45) is 0 Å². The fourth-order valence-corrected chi connectivity index (χ4v) is 3.30. The monoisotopic (exact) mass is 402 g/mol. The number of carbonyl (C=O) groups excluding carboxylic acids is 1. The van der Waals surface area contributed by atoms with Gasteiger partial charge in [-0.05, 0) is 53.4 Å². The van der Waals surface area contributed by atoms with E-state index in [0.29, 0.717) is 31.5 Å². The Bertz CT molecular complexity index is 1040. The van der Waals surface area contributed by atoms with Crippen LogP contribution in [0.2, 0.25) is 0 Å². The van der Waals surface area contributed by atoms with Gasteiger partial charge in [-0.1, -0.05) is 42.5 Å². The standard InChI is InChI=1S/C25H23FN2O2/c1-30-24-8-3-2-6-22(24)13-14-25(29)28(18-21-5-4-7-23(26)15-21)17-20-11-9-19(16-27)10-12-20/h2-12,15H,13-14,17-18H2,1H3. The Morgan fingerprint density at radius 1 is 1.00 bits per heavy atom. The molecule has 0 unspecified atom stereocenters. The van der Waals surface area contributed by atoms with E-state index in [1.54, 1.807) is 30.2 Å². The number of rotatable bonds is 8. The van der Waals surface area contributed by atoms with E-state index in [4.69, 9.17) is 10.00 Å². The van der Waals surface area contributed by atoms with Gasteiger partial charge in [-0.2, -0.15) is 5.26 Å². The molecule has 30 heavy (non-hydrogen) atoms. The summed E-state index contributed by atoms with van der Waals surface area (Å²) in [6.45, 7) is 0.690. The zero-order chi connectivity index (χ0) is 21.3. The summed E-state index contributed by atoms with van der Waals surface area (Å²) >= 11 is 0. The predicted octanol–water partition coefficient (Wildman–Crippen LogP) is 4.87. The Labute approximate surface area is 176 Å². The highest BCUT2D eigenvalue weighted by Crippen LogP contribution is 2.20. The minimum absolute atomic E-state index is 0.0328. The van der Waals surface area contributed by atoms with Crippen molar-refractivity contribution in [3.05, 3.63) is 101 Å². The third-order valence-corrected chi connectivity index (χ3v) is 4.87. The van der Waals surface area contributed by atoms with Crippen molar-refractivity contribution in [1.82, 2.24) is 4.90 Å². The molecule has 152 valence electrons.